The Labute approximate surface area is 108 Å². The maximum atomic E-state index is 11.8. The minimum atomic E-state index is -0.191. The van der Waals surface area contributed by atoms with Crippen molar-refractivity contribution in [2.75, 3.05) is 0 Å². The number of aromatic nitrogens is 2. The molecule has 3 nitrogen and oxygen atoms in total. The lowest BCUT2D eigenvalue weighted by atomic mass is 10.0. The number of nitrogens with one attached hydrogen (secondary N) is 1. The molecular formula is C16H10N2O. The Hall–Kier alpha value is -2.68. The molecule has 0 spiro atoms. The van der Waals surface area contributed by atoms with E-state index in [4.69, 9.17) is 0 Å². The third-order valence-corrected chi connectivity index (χ3v) is 3.44. The number of nitrogens with zero attached hydrogens (tertiary/aromatic N) is 1. The van der Waals surface area contributed by atoms with Crippen LogP contribution in [0.2, 0.25) is 0 Å². The number of rotatable bonds is 0. The maximum Gasteiger partial charge on any atom is 0.279 e. The van der Waals surface area contributed by atoms with Gasteiger partial charge in [-0.25, -0.2) is 4.98 Å². The van der Waals surface area contributed by atoms with Crippen LogP contribution in [0.5, 0.6) is 0 Å². The minimum Gasteiger partial charge on any atom is -0.354 e. The van der Waals surface area contributed by atoms with Crippen LogP contribution in [-0.4, -0.2) is 9.97 Å². The molecule has 0 saturated heterocycles. The monoisotopic (exact) mass is 246 g/mol. The molecule has 4 rings (SSSR count). The average Bonchev–Trinajstić information content (AvgIpc) is 2.44. The fourth-order valence-corrected chi connectivity index (χ4v) is 2.49. The van der Waals surface area contributed by atoms with E-state index in [1.165, 1.54) is 17.0 Å². The van der Waals surface area contributed by atoms with Crippen LogP contribution in [0.3, 0.4) is 0 Å². The first-order valence-electron chi connectivity index (χ1n) is 6.12. The van der Waals surface area contributed by atoms with Gasteiger partial charge in [-0.05, 0) is 40.4 Å². The van der Waals surface area contributed by atoms with Crippen LogP contribution in [0.4, 0.5) is 0 Å². The van der Waals surface area contributed by atoms with Crippen molar-refractivity contribution in [3.8, 4) is 11.3 Å². The van der Waals surface area contributed by atoms with Crippen LogP contribution in [0, 0.1) is 0 Å². The molecule has 0 bridgehead atoms. The van der Waals surface area contributed by atoms with Crippen LogP contribution in [0.25, 0.3) is 32.9 Å². The van der Waals surface area contributed by atoms with Gasteiger partial charge >= 0.3 is 0 Å². The Kier molecular flexibility index (Phi) is 1.97. The van der Waals surface area contributed by atoms with Crippen LogP contribution in [0.1, 0.15) is 0 Å². The number of benzene rings is 2. The Morgan fingerprint density at radius 2 is 1.68 bits per heavy atom. The normalized spacial score (nSPS) is 11.4. The second kappa shape index (κ2) is 3.65. The molecule has 0 amide bonds. The number of hydrogen-bond acceptors (Lipinski definition) is 2. The molecule has 2 aliphatic heterocycles. The van der Waals surface area contributed by atoms with Gasteiger partial charge in [0.1, 0.15) is 0 Å². The van der Waals surface area contributed by atoms with Gasteiger partial charge in [-0.1, -0.05) is 24.3 Å². The molecule has 0 aromatic heterocycles. The maximum absolute atomic E-state index is 11.8. The van der Waals surface area contributed by atoms with Gasteiger partial charge in [-0.15, -0.1) is 0 Å². The van der Waals surface area contributed by atoms with Gasteiger partial charge in [0.25, 0.3) is 5.56 Å². The van der Waals surface area contributed by atoms with Gasteiger partial charge in [0.2, 0.25) is 0 Å². The molecule has 0 unspecified atom stereocenters. The molecule has 19 heavy (non-hydrogen) atoms. The molecule has 0 aliphatic carbocycles. The second-order valence-electron chi connectivity index (χ2n) is 4.63. The van der Waals surface area contributed by atoms with E-state index in [0.29, 0.717) is 5.56 Å². The quantitative estimate of drug-likeness (QED) is 0.484. The van der Waals surface area contributed by atoms with Crippen molar-refractivity contribution in [1.29, 1.82) is 0 Å². The highest BCUT2D eigenvalue weighted by Gasteiger charge is 2.08. The van der Waals surface area contributed by atoms with Crippen molar-refractivity contribution in [1.82, 2.24) is 9.97 Å². The zero-order valence-electron chi connectivity index (χ0n) is 10.1. The molecule has 3 heteroatoms. The molecule has 0 saturated carbocycles. The summed E-state index contributed by atoms with van der Waals surface area (Å²) in [6.45, 7) is 0. The van der Waals surface area contributed by atoms with Crippen LogP contribution < -0.4 is 5.56 Å². The Bertz CT molecular complexity index is 940. The molecule has 2 aromatic rings. The smallest absolute Gasteiger partial charge is 0.279 e. The molecule has 0 radical (unpaired) electrons. The average molecular weight is 246 g/mol. The Morgan fingerprint density at radius 1 is 0.895 bits per heavy atom. The zero-order chi connectivity index (χ0) is 12.8. The summed E-state index contributed by atoms with van der Waals surface area (Å²) in [5.41, 5.74) is 2.29. The lowest BCUT2D eigenvalue weighted by molar-refractivity contribution is 1.21. The molecule has 2 aromatic carbocycles. The summed E-state index contributed by atoms with van der Waals surface area (Å²) < 4.78 is 0. The van der Waals surface area contributed by atoms with E-state index < -0.39 is 0 Å². The SMILES string of the molecule is O=c1nccc2[nH]c3cc4ccccc4cc3cc1-2. The summed E-state index contributed by atoms with van der Waals surface area (Å²) in [6, 6.07) is 16.1. The predicted octanol–water partition coefficient (Wildman–Crippen LogP) is 3.18. The number of H-pyrrole nitrogens is 1. The third kappa shape index (κ3) is 1.52. The van der Waals surface area contributed by atoms with Crippen molar-refractivity contribution >= 4 is 21.7 Å². The van der Waals surface area contributed by atoms with Gasteiger partial charge < -0.3 is 4.98 Å². The predicted molar refractivity (Wildman–Crippen MR) is 76.5 cm³/mol. The largest absolute Gasteiger partial charge is 0.354 e. The first kappa shape index (κ1) is 10.3. The lowest BCUT2D eigenvalue weighted by Crippen LogP contribution is -2.09. The van der Waals surface area contributed by atoms with Crippen LogP contribution >= 0.6 is 0 Å². The molecule has 0 fully saturated rings. The topological polar surface area (TPSA) is 45.8 Å². The highest BCUT2D eigenvalue weighted by Crippen LogP contribution is 2.25. The van der Waals surface area contributed by atoms with Crippen molar-refractivity contribution in [2.24, 2.45) is 0 Å². The van der Waals surface area contributed by atoms with Crippen molar-refractivity contribution in [2.45, 2.75) is 0 Å². The standard InChI is InChI=1S/C16H10N2O/c19-16-13-8-12-7-10-3-1-2-4-11(10)9-15(12)18-14(13)5-6-17-16/h1-9,18H. The van der Waals surface area contributed by atoms with Gasteiger partial charge in [-0.2, -0.15) is 0 Å². The van der Waals surface area contributed by atoms with Crippen LogP contribution in [0.15, 0.2) is 59.5 Å². The third-order valence-electron chi connectivity index (χ3n) is 3.44. The fourth-order valence-electron chi connectivity index (χ4n) is 2.49. The van der Waals surface area contributed by atoms with Crippen molar-refractivity contribution in [3.05, 3.63) is 65.1 Å². The highest BCUT2D eigenvalue weighted by atomic mass is 16.1. The fraction of sp³-hybridized carbons (Fsp3) is 0. The van der Waals surface area contributed by atoms with Crippen LogP contribution in [-0.2, 0) is 0 Å². The van der Waals surface area contributed by atoms with E-state index in [-0.39, 0.29) is 5.56 Å². The summed E-state index contributed by atoms with van der Waals surface area (Å²) in [5.74, 6) is 0. The Balaban J connectivity index is 2.21. The summed E-state index contributed by atoms with van der Waals surface area (Å²) in [6.07, 6.45) is 1.54. The molecule has 2 heterocycles. The van der Waals surface area contributed by atoms with Crippen molar-refractivity contribution < 1.29 is 0 Å². The first-order valence-corrected chi connectivity index (χ1v) is 6.12. The first-order chi connectivity index (χ1) is 9.31. The van der Waals surface area contributed by atoms with Gasteiger partial charge in [-0.3, -0.25) is 4.79 Å². The lowest BCUT2D eigenvalue weighted by Gasteiger charge is -2.08. The number of pyridine rings is 2. The molecule has 90 valence electrons. The van der Waals surface area contributed by atoms with Gasteiger partial charge in [0, 0.05) is 11.7 Å². The van der Waals surface area contributed by atoms with E-state index in [1.807, 2.05) is 24.3 Å². The summed E-state index contributed by atoms with van der Waals surface area (Å²) in [5, 5.41) is 3.37. The van der Waals surface area contributed by atoms with E-state index in [0.717, 1.165) is 16.6 Å². The molecule has 1 N–H and O–H groups in total. The Morgan fingerprint density at radius 3 is 2.53 bits per heavy atom. The molecular weight excluding hydrogens is 236 g/mol. The minimum absolute atomic E-state index is 0.191. The summed E-state index contributed by atoms with van der Waals surface area (Å²) in [7, 11) is 0. The second-order valence-corrected chi connectivity index (χ2v) is 4.63. The van der Waals surface area contributed by atoms with Gasteiger partial charge in [0.15, 0.2) is 0 Å². The van der Waals surface area contributed by atoms with E-state index >= 15 is 0 Å². The van der Waals surface area contributed by atoms with E-state index in [2.05, 4.69) is 34.2 Å². The number of fused-ring (bicyclic) bond motifs is 3. The number of aromatic amines is 1. The summed E-state index contributed by atoms with van der Waals surface area (Å²) in [4.78, 5) is 18.9. The van der Waals surface area contributed by atoms with Crippen molar-refractivity contribution in [3.63, 3.8) is 0 Å². The molecule has 0 atom stereocenters. The number of hydrogen-bond donors (Lipinski definition) is 1. The zero-order valence-corrected chi connectivity index (χ0v) is 10.1. The highest BCUT2D eigenvalue weighted by molar-refractivity contribution is 5.98. The van der Waals surface area contributed by atoms with Gasteiger partial charge in [0.05, 0.1) is 11.3 Å². The summed E-state index contributed by atoms with van der Waals surface area (Å²) >= 11 is 0. The van der Waals surface area contributed by atoms with E-state index in [9.17, 15) is 4.79 Å². The molecule has 2 aliphatic rings. The van der Waals surface area contributed by atoms with E-state index in [1.54, 1.807) is 0 Å².